The number of anilines is 2. The molecule has 0 fully saturated rings. The Labute approximate surface area is 164 Å². The van der Waals surface area contributed by atoms with Crippen LogP contribution in [0, 0.1) is 6.92 Å². The van der Waals surface area contributed by atoms with Crippen LogP contribution in [0.3, 0.4) is 0 Å². The van der Waals surface area contributed by atoms with E-state index in [0.717, 1.165) is 16.8 Å². The van der Waals surface area contributed by atoms with Gasteiger partial charge in [0.25, 0.3) is 0 Å². The Morgan fingerprint density at radius 3 is 2.48 bits per heavy atom. The van der Waals surface area contributed by atoms with Gasteiger partial charge in [0.2, 0.25) is 0 Å². The Kier molecular flexibility index (Phi) is 6.14. The molecular formula is C20H27ClN2O4. The lowest BCUT2D eigenvalue weighted by Gasteiger charge is -2.36. The fraction of sp³-hybridized carbons (Fsp3) is 0.400. The largest absolute Gasteiger partial charge is 0.506 e. The normalized spacial score (nSPS) is 12.1. The zero-order valence-electron chi connectivity index (χ0n) is 16.3. The Hall–Kier alpha value is -2.15. The van der Waals surface area contributed by atoms with E-state index in [1.54, 1.807) is 27.7 Å². The molecule has 0 spiro atoms. The summed E-state index contributed by atoms with van der Waals surface area (Å²) in [5.41, 5.74) is 9.51. The van der Waals surface area contributed by atoms with Crippen molar-refractivity contribution in [1.29, 1.82) is 0 Å². The van der Waals surface area contributed by atoms with Crippen LogP contribution in [-0.2, 0) is 11.4 Å². The SMILES string of the molecule is Cc1c(COc2cc(O)c(N)cc2Cl)cccc1NOC(C)(C)C(C)(C)O. The maximum Gasteiger partial charge on any atom is 0.142 e. The molecule has 0 aliphatic rings. The lowest BCUT2D eigenvalue weighted by atomic mass is 9.90. The molecule has 0 unspecified atom stereocenters. The zero-order valence-corrected chi connectivity index (χ0v) is 17.0. The van der Waals surface area contributed by atoms with E-state index in [2.05, 4.69) is 5.48 Å². The first-order chi connectivity index (χ1) is 12.4. The molecule has 6 nitrogen and oxygen atoms in total. The molecule has 0 radical (unpaired) electrons. The van der Waals surface area contributed by atoms with E-state index in [9.17, 15) is 10.2 Å². The van der Waals surface area contributed by atoms with E-state index < -0.39 is 11.2 Å². The van der Waals surface area contributed by atoms with Crippen LogP contribution < -0.4 is 16.0 Å². The Morgan fingerprint density at radius 2 is 1.85 bits per heavy atom. The minimum absolute atomic E-state index is 0.0798. The molecule has 0 saturated carbocycles. The van der Waals surface area contributed by atoms with Gasteiger partial charge in [0.05, 0.1) is 22.0 Å². The molecule has 0 amide bonds. The molecule has 5 N–H and O–H groups in total. The third-order valence-corrected chi connectivity index (χ3v) is 5.10. The number of nitrogens with two attached hydrogens (primary N) is 1. The van der Waals surface area contributed by atoms with Gasteiger partial charge in [-0.3, -0.25) is 10.3 Å². The molecule has 0 heterocycles. The van der Waals surface area contributed by atoms with Crippen molar-refractivity contribution in [3.63, 3.8) is 0 Å². The summed E-state index contributed by atoms with van der Waals surface area (Å²) >= 11 is 6.11. The summed E-state index contributed by atoms with van der Waals surface area (Å²) < 4.78 is 5.74. The van der Waals surface area contributed by atoms with Crippen LogP contribution >= 0.6 is 11.6 Å². The molecule has 0 aliphatic heterocycles. The van der Waals surface area contributed by atoms with Gasteiger partial charge in [-0.15, -0.1) is 0 Å². The van der Waals surface area contributed by atoms with Gasteiger partial charge in [0.15, 0.2) is 0 Å². The van der Waals surface area contributed by atoms with Gasteiger partial charge in [-0.05, 0) is 57.9 Å². The number of nitrogen functional groups attached to an aromatic ring is 1. The fourth-order valence-corrected chi connectivity index (χ4v) is 2.31. The number of ether oxygens (including phenoxy) is 1. The maximum absolute atomic E-state index is 10.2. The second-order valence-electron chi connectivity index (χ2n) is 7.49. The van der Waals surface area contributed by atoms with Crippen LogP contribution in [-0.4, -0.2) is 21.4 Å². The van der Waals surface area contributed by atoms with Crippen molar-refractivity contribution in [2.75, 3.05) is 11.2 Å². The molecule has 0 atom stereocenters. The van der Waals surface area contributed by atoms with Gasteiger partial charge in [-0.2, -0.15) is 0 Å². The number of phenols is 1. The highest BCUT2D eigenvalue weighted by molar-refractivity contribution is 6.32. The summed E-state index contributed by atoms with van der Waals surface area (Å²) in [5.74, 6) is 0.268. The standard InChI is InChI=1S/C20H27ClN2O4/c1-12-13(11-26-18-10-17(24)15(22)9-14(18)21)7-6-8-16(12)23-27-20(4,5)19(2,3)25/h6-10,23-25H,11,22H2,1-5H3. The van der Waals surface area contributed by atoms with E-state index in [0.29, 0.717) is 10.8 Å². The summed E-state index contributed by atoms with van der Waals surface area (Å²) in [5, 5.41) is 20.2. The lowest BCUT2D eigenvalue weighted by Crippen LogP contribution is -2.48. The van der Waals surface area contributed by atoms with Gasteiger partial charge >= 0.3 is 0 Å². The highest BCUT2D eigenvalue weighted by atomic mass is 35.5. The Bertz CT molecular complexity index is 816. The first-order valence-electron chi connectivity index (χ1n) is 8.58. The second kappa shape index (κ2) is 7.84. The van der Waals surface area contributed by atoms with Crippen molar-refractivity contribution in [2.45, 2.75) is 52.4 Å². The summed E-state index contributed by atoms with van der Waals surface area (Å²) in [7, 11) is 0. The molecule has 2 rings (SSSR count). The van der Waals surface area contributed by atoms with Crippen molar-refractivity contribution < 1.29 is 19.8 Å². The molecule has 148 valence electrons. The van der Waals surface area contributed by atoms with Gasteiger partial charge in [0, 0.05) is 6.07 Å². The lowest BCUT2D eigenvalue weighted by molar-refractivity contribution is -0.130. The molecule has 2 aromatic carbocycles. The van der Waals surface area contributed by atoms with Gasteiger partial charge in [-0.1, -0.05) is 23.7 Å². The smallest absolute Gasteiger partial charge is 0.142 e. The molecular weight excluding hydrogens is 368 g/mol. The van der Waals surface area contributed by atoms with E-state index in [-0.39, 0.29) is 18.0 Å². The highest BCUT2D eigenvalue weighted by Gasteiger charge is 2.37. The van der Waals surface area contributed by atoms with Gasteiger partial charge < -0.3 is 20.7 Å². The number of aliphatic hydroxyl groups is 1. The van der Waals surface area contributed by atoms with Crippen LogP contribution in [0.2, 0.25) is 5.02 Å². The molecule has 0 aromatic heterocycles. The Balaban J connectivity index is 2.12. The van der Waals surface area contributed by atoms with E-state index in [1.807, 2.05) is 25.1 Å². The molecule has 2 aromatic rings. The number of nitrogens with one attached hydrogen (secondary N) is 1. The molecule has 0 aliphatic carbocycles. The summed E-state index contributed by atoms with van der Waals surface area (Å²) in [6, 6.07) is 8.51. The number of benzene rings is 2. The molecule has 7 heteroatoms. The van der Waals surface area contributed by atoms with Gasteiger partial charge in [0.1, 0.15) is 23.7 Å². The van der Waals surface area contributed by atoms with Gasteiger partial charge in [-0.25, -0.2) is 0 Å². The zero-order chi connectivity index (χ0) is 20.4. The number of aromatic hydroxyl groups is 1. The number of halogens is 1. The van der Waals surface area contributed by atoms with Crippen LogP contribution in [0.4, 0.5) is 11.4 Å². The quantitative estimate of drug-likeness (QED) is 0.315. The first kappa shape index (κ1) is 21.2. The second-order valence-corrected chi connectivity index (χ2v) is 7.90. The third-order valence-electron chi connectivity index (χ3n) is 4.80. The highest BCUT2D eigenvalue weighted by Crippen LogP contribution is 2.34. The number of hydrogen-bond donors (Lipinski definition) is 4. The monoisotopic (exact) mass is 394 g/mol. The van der Waals surface area contributed by atoms with Crippen molar-refractivity contribution in [2.24, 2.45) is 0 Å². The molecule has 0 saturated heterocycles. The minimum Gasteiger partial charge on any atom is -0.506 e. The van der Waals surface area contributed by atoms with Crippen molar-refractivity contribution >= 4 is 23.0 Å². The third kappa shape index (κ3) is 4.97. The first-order valence-corrected chi connectivity index (χ1v) is 8.96. The van der Waals surface area contributed by atoms with Crippen molar-refractivity contribution in [3.8, 4) is 11.5 Å². The fourth-order valence-electron chi connectivity index (χ4n) is 2.08. The van der Waals surface area contributed by atoms with E-state index in [4.69, 9.17) is 26.9 Å². The number of hydrogen-bond acceptors (Lipinski definition) is 6. The van der Waals surface area contributed by atoms with Crippen molar-refractivity contribution in [1.82, 2.24) is 0 Å². The van der Waals surface area contributed by atoms with Crippen LogP contribution in [0.25, 0.3) is 0 Å². The van der Waals surface area contributed by atoms with Crippen LogP contribution in [0.15, 0.2) is 30.3 Å². The summed E-state index contributed by atoms with van der Waals surface area (Å²) in [6.45, 7) is 9.17. The number of phenolic OH excluding ortho intramolecular Hbond substituents is 1. The average Bonchev–Trinajstić information content (AvgIpc) is 2.56. The molecule has 0 bridgehead atoms. The average molecular weight is 395 g/mol. The van der Waals surface area contributed by atoms with E-state index in [1.165, 1.54) is 12.1 Å². The van der Waals surface area contributed by atoms with E-state index >= 15 is 0 Å². The summed E-state index contributed by atoms with van der Waals surface area (Å²) in [4.78, 5) is 5.72. The molecule has 27 heavy (non-hydrogen) atoms. The van der Waals surface area contributed by atoms with Crippen LogP contribution in [0.5, 0.6) is 11.5 Å². The minimum atomic E-state index is -1.03. The summed E-state index contributed by atoms with van der Waals surface area (Å²) in [6.07, 6.45) is 0. The predicted octanol–water partition coefficient (Wildman–Crippen LogP) is 4.41. The Morgan fingerprint density at radius 1 is 1.19 bits per heavy atom. The van der Waals surface area contributed by atoms with Crippen molar-refractivity contribution in [3.05, 3.63) is 46.5 Å². The predicted molar refractivity (Wildman–Crippen MR) is 108 cm³/mol. The maximum atomic E-state index is 10.2. The topological polar surface area (TPSA) is 97.0 Å². The van der Waals surface area contributed by atoms with Crippen LogP contribution in [0.1, 0.15) is 38.8 Å². The number of rotatable bonds is 7.